The lowest BCUT2D eigenvalue weighted by Crippen LogP contribution is -2.35. The molecule has 0 bridgehead atoms. The zero-order chi connectivity index (χ0) is 18.7. The Morgan fingerprint density at radius 2 is 2.08 bits per heavy atom. The Bertz CT molecular complexity index is 805. The summed E-state index contributed by atoms with van der Waals surface area (Å²) in [6, 6.07) is 0. The molecule has 0 aliphatic carbocycles. The predicted octanol–water partition coefficient (Wildman–Crippen LogP) is 1.86. The number of nitrogen functional groups attached to an aromatic ring is 1. The first-order chi connectivity index (χ1) is 12.4. The fraction of sp³-hybridized carbons (Fsp3) is 0.722. The van der Waals surface area contributed by atoms with E-state index >= 15 is 0 Å². The van der Waals surface area contributed by atoms with Gasteiger partial charge in [-0.25, -0.2) is 14.8 Å². The minimum atomic E-state index is -0.244. The van der Waals surface area contributed by atoms with Crippen molar-refractivity contribution in [1.29, 1.82) is 0 Å². The number of hydrogen-bond acceptors (Lipinski definition) is 6. The van der Waals surface area contributed by atoms with E-state index in [9.17, 15) is 4.79 Å². The van der Waals surface area contributed by atoms with Gasteiger partial charge in [0.25, 0.3) is 0 Å². The third-order valence-electron chi connectivity index (χ3n) is 4.99. The number of ether oxygens (including phenoxy) is 1. The summed E-state index contributed by atoms with van der Waals surface area (Å²) in [5.41, 5.74) is 6.75. The van der Waals surface area contributed by atoms with E-state index in [1.807, 2.05) is 0 Å². The number of hydrogen-bond donors (Lipinski definition) is 1. The zero-order valence-corrected chi connectivity index (χ0v) is 15.9. The molecule has 2 aromatic heterocycles. The largest absolute Gasteiger partial charge is 0.408 e. The lowest BCUT2D eigenvalue weighted by Gasteiger charge is -2.23. The summed E-state index contributed by atoms with van der Waals surface area (Å²) >= 11 is 0. The number of aromatic nitrogens is 4. The Labute approximate surface area is 153 Å². The second kappa shape index (κ2) is 7.65. The molecule has 0 radical (unpaired) electrons. The van der Waals surface area contributed by atoms with Gasteiger partial charge < -0.3 is 15.3 Å². The van der Waals surface area contributed by atoms with Crippen LogP contribution in [0.5, 0.6) is 0 Å². The molecule has 1 aliphatic rings. The van der Waals surface area contributed by atoms with Crippen LogP contribution in [0.1, 0.15) is 46.5 Å². The highest BCUT2D eigenvalue weighted by molar-refractivity contribution is 5.81. The second-order valence-corrected chi connectivity index (χ2v) is 7.86. The number of rotatable bonds is 7. The Balaban J connectivity index is 1.94. The fourth-order valence-electron chi connectivity index (χ4n) is 3.53. The van der Waals surface area contributed by atoms with Gasteiger partial charge >= 0.3 is 5.69 Å². The van der Waals surface area contributed by atoms with Crippen molar-refractivity contribution in [1.82, 2.24) is 19.3 Å². The molecule has 0 atom stereocenters. The molecule has 2 N–H and O–H groups in total. The third-order valence-corrected chi connectivity index (χ3v) is 4.99. The molecule has 26 heavy (non-hydrogen) atoms. The van der Waals surface area contributed by atoms with Gasteiger partial charge in [0, 0.05) is 25.2 Å². The first-order valence-electron chi connectivity index (χ1n) is 9.35. The zero-order valence-electron chi connectivity index (χ0n) is 15.9. The highest BCUT2D eigenvalue weighted by Gasteiger charge is 2.25. The lowest BCUT2D eigenvalue weighted by atomic mass is 9.89. The van der Waals surface area contributed by atoms with E-state index in [1.165, 1.54) is 11.1 Å². The number of fused-ring (bicyclic) bond motifs is 1. The molecule has 1 fully saturated rings. The van der Waals surface area contributed by atoms with Crippen molar-refractivity contribution in [2.24, 2.45) is 11.3 Å². The molecule has 3 rings (SSSR count). The maximum absolute atomic E-state index is 13.0. The molecule has 8 nitrogen and oxygen atoms in total. The minimum Gasteiger partial charge on any atom is -0.408 e. The van der Waals surface area contributed by atoms with Crippen LogP contribution in [0.15, 0.2) is 11.1 Å². The van der Waals surface area contributed by atoms with Crippen LogP contribution in [0.4, 0.5) is 5.82 Å². The SMILES string of the molecule is CCCC(C)(C)COn1c(=O)n(CC2CCOCC2)c2ncnc(N)c21. The van der Waals surface area contributed by atoms with Crippen LogP contribution in [-0.4, -0.2) is 39.1 Å². The summed E-state index contributed by atoms with van der Waals surface area (Å²) in [6.07, 6.45) is 5.33. The van der Waals surface area contributed by atoms with Crippen molar-refractivity contribution in [2.45, 2.75) is 53.0 Å². The van der Waals surface area contributed by atoms with Gasteiger partial charge in [0.05, 0.1) is 0 Å². The number of imidazole rings is 1. The van der Waals surface area contributed by atoms with Gasteiger partial charge in [-0.1, -0.05) is 27.2 Å². The van der Waals surface area contributed by atoms with Gasteiger partial charge in [-0.2, -0.15) is 0 Å². The molecular weight excluding hydrogens is 334 g/mol. The second-order valence-electron chi connectivity index (χ2n) is 7.86. The van der Waals surface area contributed by atoms with E-state index in [0.717, 1.165) is 38.9 Å². The predicted molar refractivity (Wildman–Crippen MR) is 99.9 cm³/mol. The maximum atomic E-state index is 13.0. The highest BCUT2D eigenvalue weighted by Crippen LogP contribution is 2.23. The Kier molecular flexibility index (Phi) is 5.50. The topological polar surface area (TPSA) is 97.2 Å². The quantitative estimate of drug-likeness (QED) is 0.806. The van der Waals surface area contributed by atoms with Crippen LogP contribution in [0.25, 0.3) is 11.2 Å². The highest BCUT2D eigenvalue weighted by atomic mass is 16.7. The van der Waals surface area contributed by atoms with E-state index in [1.54, 1.807) is 4.57 Å². The van der Waals surface area contributed by atoms with E-state index in [0.29, 0.717) is 30.2 Å². The van der Waals surface area contributed by atoms with Crippen LogP contribution in [0, 0.1) is 11.3 Å². The molecule has 0 amide bonds. The lowest BCUT2D eigenvalue weighted by molar-refractivity contribution is 0.0411. The number of anilines is 1. The standard InChI is InChI=1S/C18H29N5O3/c1-4-7-18(2,3)11-26-23-14-15(19)20-12-21-16(14)22(17(23)24)10-13-5-8-25-9-6-13/h12-13H,4-11H2,1-3H3,(H2,19,20,21). The monoisotopic (exact) mass is 363 g/mol. The Morgan fingerprint density at radius 3 is 2.77 bits per heavy atom. The van der Waals surface area contributed by atoms with Crippen LogP contribution in [0.2, 0.25) is 0 Å². The molecule has 144 valence electrons. The molecule has 0 saturated carbocycles. The molecule has 2 aromatic rings. The minimum absolute atomic E-state index is 0.0340. The average molecular weight is 363 g/mol. The molecule has 1 aliphatic heterocycles. The normalized spacial score (nSPS) is 16.3. The fourth-order valence-corrected chi connectivity index (χ4v) is 3.53. The van der Waals surface area contributed by atoms with Crippen molar-refractivity contribution >= 4 is 17.0 Å². The smallest absolute Gasteiger partial charge is 0.363 e. The number of nitrogens with two attached hydrogens (primary N) is 1. The molecule has 0 spiro atoms. The molecule has 0 aromatic carbocycles. The summed E-state index contributed by atoms with van der Waals surface area (Å²) in [4.78, 5) is 27.3. The van der Waals surface area contributed by atoms with Gasteiger partial charge in [0.15, 0.2) is 17.0 Å². The van der Waals surface area contributed by atoms with Gasteiger partial charge in [0.2, 0.25) is 0 Å². The first-order valence-corrected chi connectivity index (χ1v) is 9.35. The maximum Gasteiger partial charge on any atom is 0.363 e. The van der Waals surface area contributed by atoms with Crippen molar-refractivity contribution in [3.63, 3.8) is 0 Å². The van der Waals surface area contributed by atoms with Gasteiger partial charge in [0.1, 0.15) is 12.9 Å². The van der Waals surface area contributed by atoms with Crippen molar-refractivity contribution in [3.05, 3.63) is 16.8 Å². The van der Waals surface area contributed by atoms with Crippen molar-refractivity contribution in [2.75, 3.05) is 25.6 Å². The molecule has 8 heteroatoms. The molecule has 3 heterocycles. The van der Waals surface area contributed by atoms with Crippen LogP contribution >= 0.6 is 0 Å². The first kappa shape index (κ1) is 18.7. The van der Waals surface area contributed by atoms with Gasteiger partial charge in [-0.3, -0.25) is 4.57 Å². The van der Waals surface area contributed by atoms with E-state index in [-0.39, 0.29) is 16.9 Å². The Morgan fingerprint density at radius 1 is 1.35 bits per heavy atom. The average Bonchev–Trinajstić information content (AvgIpc) is 2.87. The number of nitrogens with zero attached hydrogens (tertiary/aromatic N) is 4. The summed E-state index contributed by atoms with van der Waals surface area (Å²) < 4.78 is 8.36. The van der Waals surface area contributed by atoms with E-state index in [2.05, 4.69) is 30.7 Å². The third kappa shape index (κ3) is 3.85. The van der Waals surface area contributed by atoms with E-state index in [4.69, 9.17) is 15.3 Å². The summed E-state index contributed by atoms with van der Waals surface area (Å²) in [6.45, 7) is 8.87. The van der Waals surface area contributed by atoms with Crippen LogP contribution in [-0.2, 0) is 11.3 Å². The van der Waals surface area contributed by atoms with Gasteiger partial charge in [-0.05, 0) is 25.2 Å². The van der Waals surface area contributed by atoms with Crippen LogP contribution < -0.4 is 16.3 Å². The Hall–Kier alpha value is -2.09. The van der Waals surface area contributed by atoms with E-state index < -0.39 is 0 Å². The molecule has 1 saturated heterocycles. The summed E-state index contributed by atoms with van der Waals surface area (Å²) in [5.74, 6) is 0.638. The summed E-state index contributed by atoms with van der Waals surface area (Å²) in [5, 5.41) is 0. The van der Waals surface area contributed by atoms with Crippen molar-refractivity contribution in [3.8, 4) is 0 Å². The van der Waals surface area contributed by atoms with Gasteiger partial charge in [-0.15, -0.1) is 4.73 Å². The van der Waals surface area contributed by atoms with Crippen LogP contribution in [0.3, 0.4) is 0 Å². The molecular formula is C18H29N5O3. The molecule has 0 unspecified atom stereocenters. The summed E-state index contributed by atoms with van der Waals surface area (Å²) in [7, 11) is 0. The van der Waals surface area contributed by atoms with Crippen molar-refractivity contribution < 1.29 is 9.57 Å².